The van der Waals surface area contributed by atoms with Crippen LogP contribution in [0.25, 0.3) is 10.9 Å². The Morgan fingerprint density at radius 2 is 2.00 bits per heavy atom. The zero-order chi connectivity index (χ0) is 17.1. The maximum Gasteiger partial charge on any atom is 0.323 e. The number of aliphatic carboxylic acids is 1. The molecule has 2 aromatic carbocycles. The second kappa shape index (κ2) is 7.19. The van der Waals surface area contributed by atoms with E-state index in [0.717, 1.165) is 10.0 Å². The largest absolute Gasteiger partial charge is 0.480 e. The number of carboxylic acids is 1. The van der Waals surface area contributed by atoms with Crippen LogP contribution in [0.4, 0.5) is 0 Å². The maximum atomic E-state index is 12.6. The van der Waals surface area contributed by atoms with E-state index in [4.69, 9.17) is 5.11 Å². The molecule has 0 saturated carbocycles. The van der Waals surface area contributed by atoms with Crippen LogP contribution in [0.3, 0.4) is 0 Å². The van der Waals surface area contributed by atoms with Crippen LogP contribution in [-0.4, -0.2) is 20.6 Å². The van der Waals surface area contributed by atoms with Crippen LogP contribution in [0.5, 0.6) is 0 Å². The standard InChI is InChI=1S/C17H13BrN2O3S/c18-12-5-3-4-11(8-12)10-24-17-19-14-7-2-1-6-13(14)16(23)20(17)9-15(21)22/h1-8H,9-10H2,(H,21,22). The highest BCUT2D eigenvalue weighted by molar-refractivity contribution is 9.10. The van der Waals surface area contributed by atoms with Crippen molar-refractivity contribution in [3.05, 3.63) is 68.9 Å². The molecule has 1 heterocycles. The molecule has 0 amide bonds. The lowest BCUT2D eigenvalue weighted by Gasteiger charge is -2.11. The average molecular weight is 405 g/mol. The van der Waals surface area contributed by atoms with Gasteiger partial charge >= 0.3 is 5.97 Å². The zero-order valence-corrected chi connectivity index (χ0v) is 14.9. The molecule has 24 heavy (non-hydrogen) atoms. The Morgan fingerprint density at radius 1 is 1.21 bits per heavy atom. The first kappa shape index (κ1) is 16.7. The van der Waals surface area contributed by atoms with E-state index < -0.39 is 12.5 Å². The summed E-state index contributed by atoms with van der Waals surface area (Å²) in [5, 5.41) is 9.93. The number of carboxylic acid groups (broad SMARTS) is 1. The predicted molar refractivity (Wildman–Crippen MR) is 97.3 cm³/mol. The van der Waals surface area contributed by atoms with Crippen molar-refractivity contribution in [3.63, 3.8) is 0 Å². The highest BCUT2D eigenvalue weighted by Crippen LogP contribution is 2.23. The van der Waals surface area contributed by atoms with Gasteiger partial charge in [-0.25, -0.2) is 4.98 Å². The molecule has 122 valence electrons. The Hall–Kier alpha value is -2.12. The van der Waals surface area contributed by atoms with E-state index in [1.807, 2.05) is 24.3 Å². The van der Waals surface area contributed by atoms with E-state index >= 15 is 0 Å². The minimum absolute atomic E-state index is 0.334. The van der Waals surface area contributed by atoms with E-state index in [1.54, 1.807) is 24.3 Å². The lowest BCUT2D eigenvalue weighted by Crippen LogP contribution is -2.26. The number of para-hydroxylation sites is 1. The number of hydrogen-bond acceptors (Lipinski definition) is 4. The van der Waals surface area contributed by atoms with Crippen molar-refractivity contribution in [2.24, 2.45) is 0 Å². The molecule has 0 atom stereocenters. The minimum Gasteiger partial charge on any atom is -0.480 e. The summed E-state index contributed by atoms with van der Waals surface area (Å²) in [7, 11) is 0. The molecule has 1 aromatic heterocycles. The van der Waals surface area contributed by atoms with Gasteiger partial charge in [0.2, 0.25) is 0 Å². The summed E-state index contributed by atoms with van der Waals surface area (Å²) in [4.78, 5) is 28.2. The monoisotopic (exact) mass is 404 g/mol. The van der Waals surface area contributed by atoms with Gasteiger partial charge in [-0.05, 0) is 29.8 Å². The smallest absolute Gasteiger partial charge is 0.323 e. The summed E-state index contributed by atoms with van der Waals surface area (Å²) in [6, 6.07) is 14.8. The van der Waals surface area contributed by atoms with E-state index in [9.17, 15) is 9.59 Å². The molecule has 0 bridgehead atoms. The molecule has 3 rings (SSSR count). The van der Waals surface area contributed by atoms with Crippen molar-refractivity contribution in [3.8, 4) is 0 Å². The molecule has 3 aromatic rings. The molecule has 0 spiro atoms. The summed E-state index contributed by atoms with van der Waals surface area (Å²) in [5.74, 6) is -0.484. The number of fused-ring (bicyclic) bond motifs is 1. The van der Waals surface area contributed by atoms with Crippen molar-refractivity contribution in [1.82, 2.24) is 9.55 Å². The van der Waals surface area contributed by atoms with E-state index in [1.165, 1.54) is 16.3 Å². The zero-order valence-electron chi connectivity index (χ0n) is 12.5. The SMILES string of the molecule is O=C(O)Cn1c(SCc2cccc(Br)c2)nc2ccccc2c1=O. The number of rotatable bonds is 5. The Kier molecular flexibility index (Phi) is 5.01. The Labute approximate surface area is 150 Å². The third-order valence-electron chi connectivity index (χ3n) is 3.38. The molecule has 0 aliphatic rings. The normalized spacial score (nSPS) is 10.9. The predicted octanol–water partition coefficient (Wildman–Crippen LogP) is 3.54. The number of thioether (sulfide) groups is 1. The van der Waals surface area contributed by atoms with Crippen LogP contribution in [0.1, 0.15) is 5.56 Å². The summed E-state index contributed by atoms with van der Waals surface area (Å²) in [5.41, 5.74) is 1.29. The van der Waals surface area contributed by atoms with Crippen LogP contribution >= 0.6 is 27.7 Å². The van der Waals surface area contributed by atoms with E-state index in [0.29, 0.717) is 21.8 Å². The van der Waals surface area contributed by atoms with Gasteiger partial charge in [-0.15, -0.1) is 0 Å². The average Bonchev–Trinajstić information content (AvgIpc) is 2.56. The highest BCUT2D eigenvalue weighted by Gasteiger charge is 2.14. The topological polar surface area (TPSA) is 72.2 Å². The van der Waals surface area contributed by atoms with Gasteiger partial charge in [0.1, 0.15) is 6.54 Å². The molecule has 5 nitrogen and oxygen atoms in total. The first-order valence-corrected chi connectivity index (χ1v) is 8.91. The fourth-order valence-corrected chi connectivity index (χ4v) is 3.70. The third kappa shape index (κ3) is 3.68. The molecular formula is C17H13BrN2O3S. The van der Waals surface area contributed by atoms with Crippen LogP contribution in [-0.2, 0) is 17.1 Å². The van der Waals surface area contributed by atoms with E-state index in [2.05, 4.69) is 20.9 Å². The number of hydrogen-bond donors (Lipinski definition) is 1. The molecule has 7 heteroatoms. The molecule has 1 N–H and O–H groups in total. The van der Waals surface area contributed by atoms with Gasteiger partial charge in [-0.2, -0.15) is 0 Å². The summed E-state index contributed by atoms with van der Waals surface area (Å²) in [6.45, 7) is -0.405. The number of halogens is 1. The lowest BCUT2D eigenvalue weighted by atomic mass is 10.2. The van der Waals surface area contributed by atoms with Crippen LogP contribution in [0.15, 0.2) is 63.0 Å². The molecule has 0 fully saturated rings. The van der Waals surface area contributed by atoms with Gasteiger partial charge in [0.15, 0.2) is 5.16 Å². The Morgan fingerprint density at radius 3 is 2.75 bits per heavy atom. The Balaban J connectivity index is 2.01. The number of carbonyl (C=O) groups is 1. The first-order chi connectivity index (χ1) is 11.5. The van der Waals surface area contributed by atoms with Gasteiger partial charge < -0.3 is 5.11 Å². The molecule has 0 unspecified atom stereocenters. The lowest BCUT2D eigenvalue weighted by molar-refractivity contribution is -0.137. The molecule has 0 aliphatic heterocycles. The fraction of sp³-hybridized carbons (Fsp3) is 0.118. The van der Waals surface area contributed by atoms with E-state index in [-0.39, 0.29) is 5.56 Å². The number of nitrogens with zero attached hydrogens (tertiary/aromatic N) is 2. The van der Waals surface area contributed by atoms with Crippen molar-refractivity contribution in [2.75, 3.05) is 0 Å². The molecular weight excluding hydrogens is 392 g/mol. The number of aromatic nitrogens is 2. The Bertz CT molecular complexity index is 971. The van der Waals surface area contributed by atoms with Crippen molar-refractivity contribution < 1.29 is 9.90 Å². The molecule has 0 aliphatic carbocycles. The molecule has 0 radical (unpaired) electrons. The highest BCUT2D eigenvalue weighted by atomic mass is 79.9. The van der Waals surface area contributed by atoms with Crippen molar-refractivity contribution in [1.29, 1.82) is 0 Å². The third-order valence-corrected chi connectivity index (χ3v) is 4.92. The second-order valence-corrected chi connectivity index (χ2v) is 6.97. The number of benzene rings is 2. The first-order valence-electron chi connectivity index (χ1n) is 7.13. The quantitative estimate of drug-likeness (QED) is 0.520. The summed E-state index contributed by atoms with van der Waals surface area (Å²) >= 11 is 4.77. The van der Waals surface area contributed by atoms with Gasteiger partial charge in [0, 0.05) is 10.2 Å². The second-order valence-electron chi connectivity index (χ2n) is 5.12. The van der Waals surface area contributed by atoms with Crippen LogP contribution < -0.4 is 5.56 Å². The van der Waals surface area contributed by atoms with Crippen molar-refractivity contribution in [2.45, 2.75) is 17.5 Å². The van der Waals surface area contributed by atoms with Crippen LogP contribution in [0.2, 0.25) is 0 Å². The van der Waals surface area contributed by atoms with Crippen LogP contribution in [0, 0.1) is 0 Å². The maximum absolute atomic E-state index is 12.6. The van der Waals surface area contributed by atoms with Crippen molar-refractivity contribution >= 4 is 44.6 Å². The summed E-state index contributed by atoms with van der Waals surface area (Å²) < 4.78 is 2.18. The van der Waals surface area contributed by atoms with Gasteiger partial charge in [0.25, 0.3) is 5.56 Å². The van der Waals surface area contributed by atoms with Gasteiger partial charge in [0.05, 0.1) is 10.9 Å². The summed E-state index contributed by atoms with van der Waals surface area (Å²) in [6.07, 6.45) is 0. The fourth-order valence-electron chi connectivity index (χ4n) is 2.31. The minimum atomic E-state index is -1.07. The molecule has 0 saturated heterocycles. The van der Waals surface area contributed by atoms with Gasteiger partial charge in [-0.1, -0.05) is 52.0 Å². The van der Waals surface area contributed by atoms with Gasteiger partial charge in [-0.3, -0.25) is 14.2 Å².